The minimum absolute atomic E-state index is 0.0727. The molecule has 0 N–H and O–H groups in total. The fourth-order valence-corrected chi connectivity index (χ4v) is 3.94. The first-order valence-corrected chi connectivity index (χ1v) is 8.25. The molecule has 2 heterocycles. The molecule has 2 fully saturated rings. The molecule has 1 aromatic carbocycles. The van der Waals surface area contributed by atoms with Crippen LogP contribution in [0.25, 0.3) is 0 Å². The zero-order valence-electron chi connectivity index (χ0n) is 12.1. The SMILES string of the molecule is CC(=O)O[C@@H]1C(C)O[C@H](Sc2ccccc2)C2OC(=S)OC21. The van der Waals surface area contributed by atoms with E-state index in [1.165, 1.54) is 6.92 Å². The standard InChI is InChI=1S/C15H16O5S2/c1-8-11(18-9(2)16)12-13(20-15(21)19-12)14(17-8)22-10-6-4-3-5-7-10/h3-8,11-14H,1-2H3/t8?,11-,12?,13?,14-/m1/s1. The zero-order valence-corrected chi connectivity index (χ0v) is 13.8. The third-order valence-electron chi connectivity index (χ3n) is 3.49. The van der Waals surface area contributed by atoms with Gasteiger partial charge in [-0.25, -0.2) is 0 Å². The fourth-order valence-electron chi connectivity index (χ4n) is 2.56. The molecule has 0 aromatic heterocycles. The van der Waals surface area contributed by atoms with Gasteiger partial charge in [0.05, 0.1) is 6.10 Å². The summed E-state index contributed by atoms with van der Waals surface area (Å²) >= 11 is 6.55. The number of benzene rings is 1. The third kappa shape index (κ3) is 3.21. The maximum Gasteiger partial charge on any atom is 0.353 e. The molecule has 3 unspecified atom stereocenters. The molecular weight excluding hydrogens is 324 g/mol. The number of hydrogen-bond acceptors (Lipinski definition) is 7. The van der Waals surface area contributed by atoms with Gasteiger partial charge in [0, 0.05) is 24.0 Å². The highest BCUT2D eigenvalue weighted by Gasteiger charge is 2.53. The second kappa shape index (κ2) is 6.44. The minimum atomic E-state index is -0.532. The van der Waals surface area contributed by atoms with Gasteiger partial charge in [-0.15, -0.1) is 0 Å². The molecule has 5 nitrogen and oxygen atoms in total. The number of hydrogen-bond donors (Lipinski definition) is 0. The van der Waals surface area contributed by atoms with Crippen LogP contribution < -0.4 is 0 Å². The third-order valence-corrected chi connectivity index (χ3v) is 4.84. The number of carbonyl (C=O) groups excluding carboxylic acids is 1. The molecule has 0 bridgehead atoms. The average Bonchev–Trinajstić information content (AvgIpc) is 2.86. The Morgan fingerprint density at radius 2 is 1.91 bits per heavy atom. The summed E-state index contributed by atoms with van der Waals surface area (Å²) in [7, 11) is 0. The molecule has 118 valence electrons. The van der Waals surface area contributed by atoms with Crippen LogP contribution in [0.15, 0.2) is 35.2 Å². The molecule has 2 saturated heterocycles. The lowest BCUT2D eigenvalue weighted by atomic mass is 10.0. The van der Waals surface area contributed by atoms with Gasteiger partial charge >= 0.3 is 11.2 Å². The van der Waals surface area contributed by atoms with Crippen LogP contribution in [0.3, 0.4) is 0 Å². The molecule has 2 aliphatic rings. The quantitative estimate of drug-likeness (QED) is 0.619. The van der Waals surface area contributed by atoms with E-state index in [0.29, 0.717) is 0 Å². The van der Waals surface area contributed by atoms with E-state index >= 15 is 0 Å². The lowest BCUT2D eigenvalue weighted by molar-refractivity contribution is -0.186. The second-order valence-corrected chi connectivity index (χ2v) is 6.63. The first-order chi connectivity index (χ1) is 10.5. The van der Waals surface area contributed by atoms with Gasteiger partial charge in [-0.3, -0.25) is 4.79 Å². The van der Waals surface area contributed by atoms with Crippen molar-refractivity contribution in [1.82, 2.24) is 0 Å². The van der Waals surface area contributed by atoms with Crippen molar-refractivity contribution in [3.63, 3.8) is 0 Å². The summed E-state index contributed by atoms with van der Waals surface area (Å²) in [5.74, 6) is -0.380. The predicted octanol–water partition coefficient (Wildman–Crippen LogP) is 2.52. The molecule has 0 radical (unpaired) electrons. The van der Waals surface area contributed by atoms with Gasteiger partial charge < -0.3 is 18.9 Å². The number of rotatable bonds is 3. The van der Waals surface area contributed by atoms with Gasteiger partial charge in [-0.05, 0) is 19.1 Å². The minimum Gasteiger partial charge on any atom is -0.456 e. The molecule has 5 atom stereocenters. The Morgan fingerprint density at radius 1 is 1.23 bits per heavy atom. The molecule has 2 aliphatic heterocycles. The monoisotopic (exact) mass is 340 g/mol. The Hall–Kier alpha value is -1.31. The highest BCUT2D eigenvalue weighted by molar-refractivity contribution is 7.99. The van der Waals surface area contributed by atoms with Crippen molar-refractivity contribution < 1.29 is 23.7 Å². The molecule has 1 aromatic rings. The molecular formula is C15H16O5S2. The zero-order chi connectivity index (χ0) is 15.7. The van der Waals surface area contributed by atoms with Crippen LogP contribution in [-0.2, 0) is 23.7 Å². The van der Waals surface area contributed by atoms with Crippen molar-refractivity contribution in [1.29, 1.82) is 0 Å². The van der Waals surface area contributed by atoms with Gasteiger partial charge in [0.1, 0.15) is 5.44 Å². The van der Waals surface area contributed by atoms with E-state index in [9.17, 15) is 4.79 Å². The summed E-state index contributed by atoms with van der Waals surface area (Å²) in [4.78, 5) is 12.3. The lowest BCUT2D eigenvalue weighted by Gasteiger charge is -2.39. The van der Waals surface area contributed by atoms with E-state index in [0.717, 1.165) is 4.90 Å². The van der Waals surface area contributed by atoms with Crippen LogP contribution in [0, 0.1) is 0 Å². The van der Waals surface area contributed by atoms with E-state index in [1.807, 2.05) is 37.3 Å². The van der Waals surface area contributed by atoms with Crippen molar-refractivity contribution in [2.45, 2.75) is 48.6 Å². The van der Waals surface area contributed by atoms with E-state index in [1.54, 1.807) is 11.8 Å². The van der Waals surface area contributed by atoms with Crippen LogP contribution in [0.1, 0.15) is 13.8 Å². The molecule has 0 saturated carbocycles. The summed E-state index contributed by atoms with van der Waals surface area (Å²) in [6.07, 6.45) is -1.69. The maximum absolute atomic E-state index is 11.3. The smallest absolute Gasteiger partial charge is 0.353 e. The molecule has 0 amide bonds. The van der Waals surface area contributed by atoms with Crippen LogP contribution >= 0.6 is 24.0 Å². The maximum atomic E-state index is 11.3. The van der Waals surface area contributed by atoms with Gasteiger partial charge in [-0.1, -0.05) is 30.0 Å². The van der Waals surface area contributed by atoms with Gasteiger partial charge in [0.25, 0.3) is 0 Å². The van der Waals surface area contributed by atoms with Crippen LogP contribution in [0.4, 0.5) is 0 Å². The number of carbonyl (C=O) groups is 1. The Kier molecular flexibility index (Phi) is 4.56. The van der Waals surface area contributed by atoms with Crippen LogP contribution in [-0.4, -0.2) is 41.1 Å². The van der Waals surface area contributed by atoms with Crippen molar-refractivity contribution in [3.05, 3.63) is 30.3 Å². The van der Waals surface area contributed by atoms with Gasteiger partial charge in [0.2, 0.25) is 0 Å². The normalized spacial score (nSPS) is 33.5. The summed E-state index contributed by atoms with van der Waals surface area (Å²) in [5.41, 5.74) is -0.283. The summed E-state index contributed by atoms with van der Waals surface area (Å²) in [6.45, 7) is 3.22. The van der Waals surface area contributed by atoms with Crippen LogP contribution in [0.5, 0.6) is 0 Å². The Morgan fingerprint density at radius 3 is 2.59 bits per heavy atom. The Balaban J connectivity index is 1.79. The van der Waals surface area contributed by atoms with Crippen molar-refractivity contribution >= 4 is 35.2 Å². The predicted molar refractivity (Wildman–Crippen MR) is 84.5 cm³/mol. The number of fused-ring (bicyclic) bond motifs is 1. The number of ether oxygens (including phenoxy) is 4. The lowest BCUT2D eigenvalue weighted by Crippen LogP contribution is -2.55. The first-order valence-electron chi connectivity index (χ1n) is 6.96. The number of esters is 1. The van der Waals surface area contributed by atoms with E-state index in [-0.39, 0.29) is 22.7 Å². The molecule has 3 rings (SSSR count). The average molecular weight is 340 g/mol. The largest absolute Gasteiger partial charge is 0.456 e. The Labute approximate surface area is 138 Å². The summed E-state index contributed by atoms with van der Waals surface area (Å²) in [6, 6.07) is 9.88. The van der Waals surface area contributed by atoms with E-state index in [4.69, 9.17) is 31.2 Å². The Bertz CT molecular complexity index is 564. The number of thiocarbonyl (C=S) groups is 1. The first kappa shape index (κ1) is 15.6. The second-order valence-electron chi connectivity index (χ2n) is 5.13. The highest BCUT2D eigenvalue weighted by Crippen LogP contribution is 2.39. The number of thioether (sulfide) groups is 1. The van der Waals surface area contributed by atoms with Gasteiger partial charge in [0.15, 0.2) is 18.3 Å². The summed E-state index contributed by atoms with van der Waals surface area (Å²) < 4.78 is 22.5. The fraction of sp³-hybridized carbons (Fsp3) is 0.467. The van der Waals surface area contributed by atoms with Crippen molar-refractivity contribution in [2.75, 3.05) is 0 Å². The topological polar surface area (TPSA) is 54.0 Å². The van der Waals surface area contributed by atoms with Gasteiger partial charge in [-0.2, -0.15) is 0 Å². The van der Waals surface area contributed by atoms with Crippen molar-refractivity contribution in [3.8, 4) is 0 Å². The molecule has 7 heteroatoms. The van der Waals surface area contributed by atoms with E-state index in [2.05, 4.69) is 0 Å². The summed E-state index contributed by atoms with van der Waals surface area (Å²) in [5, 5.41) is 0.0727. The van der Waals surface area contributed by atoms with Crippen LogP contribution in [0.2, 0.25) is 0 Å². The van der Waals surface area contributed by atoms with Crippen molar-refractivity contribution in [2.24, 2.45) is 0 Å². The molecule has 0 aliphatic carbocycles. The molecule has 0 spiro atoms. The van der Waals surface area contributed by atoms with E-state index < -0.39 is 18.3 Å². The highest BCUT2D eigenvalue weighted by atomic mass is 32.2. The molecule has 22 heavy (non-hydrogen) atoms.